The number of carbonyl (C=O) groups excluding carboxylic acids is 2. The molecule has 2 heterocycles. The standard InChI is InChI=1S/C13H15N5O2/c14-12(19)11-6-15-3-4-18(11)13(20)8-1-2-9-10(5-8)17-7-16-9/h1-2,5,7,11,15H,3-4,6H2,(H2,14,19)(H,16,17). The van der Waals surface area contributed by atoms with E-state index in [-0.39, 0.29) is 5.91 Å². The van der Waals surface area contributed by atoms with Crippen molar-refractivity contribution in [1.29, 1.82) is 0 Å². The van der Waals surface area contributed by atoms with Gasteiger partial charge in [0.1, 0.15) is 6.04 Å². The second-order valence-electron chi connectivity index (χ2n) is 4.76. The van der Waals surface area contributed by atoms with Gasteiger partial charge in [0, 0.05) is 25.2 Å². The molecule has 4 N–H and O–H groups in total. The van der Waals surface area contributed by atoms with E-state index in [0.29, 0.717) is 25.2 Å². The highest BCUT2D eigenvalue weighted by molar-refractivity contribution is 5.99. The van der Waals surface area contributed by atoms with Crippen molar-refractivity contribution in [2.75, 3.05) is 19.6 Å². The molecule has 0 saturated carbocycles. The Hall–Kier alpha value is -2.41. The molecule has 1 unspecified atom stereocenters. The number of benzene rings is 1. The number of aromatic nitrogens is 2. The van der Waals surface area contributed by atoms with Crippen molar-refractivity contribution >= 4 is 22.8 Å². The molecule has 1 aliphatic rings. The number of nitrogens with one attached hydrogen (secondary N) is 2. The topological polar surface area (TPSA) is 104 Å². The summed E-state index contributed by atoms with van der Waals surface area (Å²) >= 11 is 0. The molecule has 2 amide bonds. The maximum Gasteiger partial charge on any atom is 0.254 e. The summed E-state index contributed by atoms with van der Waals surface area (Å²) in [6.45, 7) is 1.52. The van der Waals surface area contributed by atoms with Gasteiger partial charge in [0.05, 0.1) is 17.4 Å². The van der Waals surface area contributed by atoms with Crippen molar-refractivity contribution in [3.63, 3.8) is 0 Å². The number of carbonyl (C=O) groups is 2. The zero-order chi connectivity index (χ0) is 14.1. The molecule has 1 aliphatic heterocycles. The van der Waals surface area contributed by atoms with Gasteiger partial charge in [0.25, 0.3) is 5.91 Å². The Bertz CT molecular complexity index is 666. The van der Waals surface area contributed by atoms with E-state index in [0.717, 1.165) is 11.0 Å². The van der Waals surface area contributed by atoms with E-state index >= 15 is 0 Å². The molecule has 0 aliphatic carbocycles. The summed E-state index contributed by atoms with van der Waals surface area (Å²) < 4.78 is 0. The van der Waals surface area contributed by atoms with Crippen LogP contribution in [0.4, 0.5) is 0 Å². The van der Waals surface area contributed by atoms with Crippen molar-refractivity contribution in [2.24, 2.45) is 5.73 Å². The number of hydrogen-bond acceptors (Lipinski definition) is 4. The second kappa shape index (κ2) is 4.93. The van der Waals surface area contributed by atoms with E-state index < -0.39 is 11.9 Å². The Kier molecular flexibility index (Phi) is 3.11. The van der Waals surface area contributed by atoms with Gasteiger partial charge in [-0.2, -0.15) is 0 Å². The first-order valence-corrected chi connectivity index (χ1v) is 6.41. The fraction of sp³-hybridized carbons (Fsp3) is 0.308. The summed E-state index contributed by atoms with van der Waals surface area (Å²) in [6, 6.07) is 4.63. The summed E-state index contributed by atoms with van der Waals surface area (Å²) in [7, 11) is 0. The Morgan fingerprint density at radius 1 is 1.40 bits per heavy atom. The molecule has 1 saturated heterocycles. The molecule has 0 radical (unpaired) electrons. The number of nitrogens with zero attached hydrogens (tertiary/aromatic N) is 2. The van der Waals surface area contributed by atoms with Crippen LogP contribution in [0.25, 0.3) is 11.0 Å². The van der Waals surface area contributed by atoms with Crippen LogP contribution in [0.5, 0.6) is 0 Å². The van der Waals surface area contributed by atoms with Gasteiger partial charge in [-0.15, -0.1) is 0 Å². The lowest BCUT2D eigenvalue weighted by atomic mass is 10.1. The highest BCUT2D eigenvalue weighted by Crippen LogP contribution is 2.15. The number of nitrogens with two attached hydrogens (primary N) is 1. The fourth-order valence-electron chi connectivity index (χ4n) is 2.44. The van der Waals surface area contributed by atoms with Crippen molar-refractivity contribution in [2.45, 2.75) is 6.04 Å². The van der Waals surface area contributed by atoms with Crippen molar-refractivity contribution < 1.29 is 9.59 Å². The molecule has 7 heteroatoms. The van der Waals surface area contributed by atoms with Crippen LogP contribution in [0, 0.1) is 0 Å². The number of primary amides is 1. The Labute approximate surface area is 115 Å². The van der Waals surface area contributed by atoms with Crippen LogP contribution < -0.4 is 11.1 Å². The number of fused-ring (bicyclic) bond motifs is 1. The van der Waals surface area contributed by atoms with Gasteiger partial charge in [-0.05, 0) is 18.2 Å². The number of hydrogen-bond donors (Lipinski definition) is 3. The van der Waals surface area contributed by atoms with Gasteiger partial charge in [0.15, 0.2) is 0 Å². The maximum atomic E-state index is 12.5. The number of aromatic amines is 1. The molecule has 20 heavy (non-hydrogen) atoms. The summed E-state index contributed by atoms with van der Waals surface area (Å²) in [5.41, 5.74) is 7.47. The molecular formula is C13H15N5O2. The first-order chi connectivity index (χ1) is 9.66. The predicted molar refractivity (Wildman–Crippen MR) is 73.0 cm³/mol. The van der Waals surface area contributed by atoms with Crippen LogP contribution in [-0.4, -0.2) is 52.4 Å². The average Bonchev–Trinajstić information content (AvgIpc) is 2.93. The molecule has 0 bridgehead atoms. The van der Waals surface area contributed by atoms with E-state index in [9.17, 15) is 9.59 Å². The largest absolute Gasteiger partial charge is 0.368 e. The Morgan fingerprint density at radius 3 is 3.05 bits per heavy atom. The van der Waals surface area contributed by atoms with Crippen LogP contribution in [0.1, 0.15) is 10.4 Å². The molecule has 0 spiro atoms. The first-order valence-electron chi connectivity index (χ1n) is 6.41. The number of rotatable bonds is 2. The van der Waals surface area contributed by atoms with E-state index in [1.807, 2.05) is 0 Å². The van der Waals surface area contributed by atoms with Crippen LogP contribution in [0.15, 0.2) is 24.5 Å². The molecule has 1 aromatic heterocycles. The monoisotopic (exact) mass is 273 g/mol. The molecule has 3 rings (SSSR count). The molecule has 1 aromatic carbocycles. The third kappa shape index (κ3) is 2.12. The Morgan fingerprint density at radius 2 is 2.25 bits per heavy atom. The fourth-order valence-corrected chi connectivity index (χ4v) is 2.44. The number of amides is 2. The van der Waals surface area contributed by atoms with Crippen molar-refractivity contribution in [3.8, 4) is 0 Å². The minimum Gasteiger partial charge on any atom is -0.368 e. The van der Waals surface area contributed by atoms with Gasteiger partial charge in [-0.25, -0.2) is 4.98 Å². The van der Waals surface area contributed by atoms with E-state index in [1.54, 1.807) is 24.5 Å². The number of H-pyrrole nitrogens is 1. The SMILES string of the molecule is NC(=O)C1CNCCN1C(=O)c1ccc2nc[nH]c2c1. The lowest BCUT2D eigenvalue weighted by molar-refractivity contribution is -0.122. The molecule has 104 valence electrons. The summed E-state index contributed by atoms with van der Waals surface area (Å²) in [5.74, 6) is -0.681. The van der Waals surface area contributed by atoms with Crippen LogP contribution >= 0.6 is 0 Å². The van der Waals surface area contributed by atoms with E-state index in [4.69, 9.17) is 5.73 Å². The summed E-state index contributed by atoms with van der Waals surface area (Å²) in [5, 5.41) is 3.07. The Balaban J connectivity index is 1.91. The number of imidazole rings is 1. The van der Waals surface area contributed by atoms with Crippen LogP contribution in [0.3, 0.4) is 0 Å². The molecule has 7 nitrogen and oxygen atoms in total. The molecular weight excluding hydrogens is 258 g/mol. The second-order valence-corrected chi connectivity index (χ2v) is 4.76. The summed E-state index contributed by atoms with van der Waals surface area (Å²) in [4.78, 5) is 32.6. The predicted octanol–water partition coefficient (Wildman–Crippen LogP) is -0.538. The van der Waals surface area contributed by atoms with Gasteiger partial charge in [-0.1, -0.05) is 0 Å². The van der Waals surface area contributed by atoms with Crippen molar-refractivity contribution in [1.82, 2.24) is 20.2 Å². The van der Waals surface area contributed by atoms with E-state index in [1.165, 1.54) is 4.90 Å². The first kappa shape index (κ1) is 12.6. The number of piperazine rings is 1. The van der Waals surface area contributed by atoms with Gasteiger partial charge < -0.3 is 20.9 Å². The molecule has 2 aromatic rings. The maximum absolute atomic E-state index is 12.5. The van der Waals surface area contributed by atoms with Gasteiger partial charge >= 0.3 is 0 Å². The van der Waals surface area contributed by atoms with Gasteiger partial charge in [0.2, 0.25) is 5.91 Å². The lowest BCUT2D eigenvalue weighted by Gasteiger charge is -2.34. The normalized spacial score (nSPS) is 19.2. The van der Waals surface area contributed by atoms with E-state index in [2.05, 4.69) is 15.3 Å². The third-order valence-electron chi connectivity index (χ3n) is 3.50. The zero-order valence-corrected chi connectivity index (χ0v) is 10.8. The smallest absolute Gasteiger partial charge is 0.254 e. The highest BCUT2D eigenvalue weighted by atomic mass is 16.2. The average molecular weight is 273 g/mol. The lowest BCUT2D eigenvalue weighted by Crippen LogP contribution is -2.58. The minimum atomic E-state index is -0.603. The zero-order valence-electron chi connectivity index (χ0n) is 10.8. The molecule has 1 atom stereocenters. The highest BCUT2D eigenvalue weighted by Gasteiger charge is 2.31. The van der Waals surface area contributed by atoms with Crippen LogP contribution in [-0.2, 0) is 4.79 Å². The third-order valence-corrected chi connectivity index (χ3v) is 3.50. The molecule has 1 fully saturated rings. The van der Waals surface area contributed by atoms with Crippen molar-refractivity contribution in [3.05, 3.63) is 30.1 Å². The minimum absolute atomic E-state index is 0.188. The van der Waals surface area contributed by atoms with Gasteiger partial charge in [-0.3, -0.25) is 9.59 Å². The quantitative estimate of drug-likeness (QED) is 0.683. The summed E-state index contributed by atoms with van der Waals surface area (Å²) in [6.07, 6.45) is 1.58. The van der Waals surface area contributed by atoms with Crippen LogP contribution in [0.2, 0.25) is 0 Å².